The highest BCUT2D eigenvalue weighted by molar-refractivity contribution is 7.09. The average Bonchev–Trinajstić information content (AvgIpc) is 2.97. The Morgan fingerprint density at radius 2 is 2.29 bits per heavy atom. The van der Waals surface area contributed by atoms with Crippen LogP contribution in [0, 0.1) is 0 Å². The van der Waals surface area contributed by atoms with Crippen LogP contribution >= 0.6 is 11.3 Å². The summed E-state index contributed by atoms with van der Waals surface area (Å²) in [5, 5.41) is 3.34. The molecule has 2 aromatic rings. The van der Waals surface area contributed by atoms with E-state index in [1.54, 1.807) is 11.3 Å². The zero-order valence-corrected chi connectivity index (χ0v) is 11.2. The minimum atomic E-state index is 0.151. The Bertz CT molecular complexity index is 472. The normalized spacial score (nSPS) is 12.9. The summed E-state index contributed by atoms with van der Waals surface area (Å²) in [4.78, 5) is 4.56. The molecule has 0 aliphatic rings. The molecule has 92 valence electrons. The first-order valence-corrected chi connectivity index (χ1v) is 6.95. The lowest BCUT2D eigenvalue weighted by Crippen LogP contribution is -2.07. The van der Waals surface area contributed by atoms with Gasteiger partial charge in [-0.2, -0.15) is 0 Å². The third kappa shape index (κ3) is 2.96. The van der Waals surface area contributed by atoms with E-state index in [1.165, 1.54) is 10.6 Å². The topological polar surface area (TPSA) is 43.8 Å². The number of nitrogens with two attached hydrogens (primary N) is 1. The highest BCUT2D eigenvalue weighted by atomic mass is 32.1. The molecule has 0 saturated carbocycles. The summed E-state index contributed by atoms with van der Waals surface area (Å²) in [5.74, 6) is 0. The summed E-state index contributed by atoms with van der Waals surface area (Å²) in [5.41, 5.74) is 8.34. The summed E-state index contributed by atoms with van der Waals surface area (Å²) in [6, 6.07) is 2.25. The molecule has 1 unspecified atom stereocenters. The molecule has 2 heterocycles. The van der Waals surface area contributed by atoms with Crippen LogP contribution in [0.3, 0.4) is 0 Å². The van der Waals surface area contributed by atoms with Crippen molar-refractivity contribution in [1.29, 1.82) is 0 Å². The maximum Gasteiger partial charge on any atom is 0.0926 e. The third-order valence-electron chi connectivity index (χ3n) is 2.89. The quantitative estimate of drug-likeness (QED) is 0.885. The van der Waals surface area contributed by atoms with Crippen molar-refractivity contribution in [1.82, 2.24) is 9.55 Å². The molecule has 1 atom stereocenters. The van der Waals surface area contributed by atoms with Crippen LogP contribution in [0.15, 0.2) is 23.8 Å². The summed E-state index contributed by atoms with van der Waals surface area (Å²) >= 11 is 1.74. The number of aryl methyl sites for hydroxylation is 1. The van der Waals surface area contributed by atoms with E-state index < -0.39 is 0 Å². The van der Waals surface area contributed by atoms with Crippen molar-refractivity contribution in [2.75, 3.05) is 0 Å². The molecule has 0 saturated heterocycles. The molecule has 17 heavy (non-hydrogen) atoms. The molecule has 0 amide bonds. The Morgan fingerprint density at radius 1 is 1.47 bits per heavy atom. The van der Waals surface area contributed by atoms with Gasteiger partial charge in [0, 0.05) is 23.8 Å². The summed E-state index contributed by atoms with van der Waals surface area (Å²) in [7, 11) is 0. The fourth-order valence-corrected chi connectivity index (χ4v) is 2.52. The van der Waals surface area contributed by atoms with Gasteiger partial charge in [-0.15, -0.1) is 11.3 Å². The molecular weight excluding hydrogens is 230 g/mol. The largest absolute Gasteiger partial charge is 0.348 e. The second-order valence-electron chi connectivity index (χ2n) is 4.22. The summed E-state index contributed by atoms with van der Waals surface area (Å²) < 4.78 is 2.15. The van der Waals surface area contributed by atoms with Crippen molar-refractivity contribution < 1.29 is 0 Å². The third-order valence-corrected chi connectivity index (χ3v) is 3.93. The predicted molar refractivity (Wildman–Crippen MR) is 72.2 cm³/mol. The van der Waals surface area contributed by atoms with Crippen molar-refractivity contribution in [2.24, 2.45) is 5.73 Å². The van der Waals surface area contributed by atoms with Crippen molar-refractivity contribution in [3.63, 3.8) is 0 Å². The first kappa shape index (κ1) is 12.3. The lowest BCUT2D eigenvalue weighted by molar-refractivity contribution is 0.691. The van der Waals surface area contributed by atoms with Crippen LogP contribution in [-0.4, -0.2) is 9.55 Å². The number of aromatic nitrogens is 2. The van der Waals surface area contributed by atoms with Crippen LogP contribution in [0.1, 0.15) is 42.6 Å². The summed E-state index contributed by atoms with van der Waals surface area (Å²) in [6.07, 6.45) is 6.19. The minimum Gasteiger partial charge on any atom is -0.348 e. The molecular formula is C13H19N3S. The lowest BCUT2D eigenvalue weighted by atomic mass is 10.1. The standard InChI is InChI=1S/C13H19N3S/c1-3-12(14)10-5-6-16(7-10)8-11-9-17-13(4-2)15-11/h5-7,9,12H,3-4,8,14H2,1-2H3. The number of hydrogen-bond donors (Lipinski definition) is 1. The molecule has 2 N–H and O–H groups in total. The highest BCUT2D eigenvalue weighted by Gasteiger charge is 2.06. The van der Waals surface area contributed by atoms with Gasteiger partial charge in [0.2, 0.25) is 0 Å². The van der Waals surface area contributed by atoms with Crippen LogP contribution in [0.25, 0.3) is 0 Å². The van der Waals surface area contributed by atoms with Gasteiger partial charge < -0.3 is 10.3 Å². The van der Waals surface area contributed by atoms with E-state index in [9.17, 15) is 0 Å². The Kier molecular flexibility index (Phi) is 3.97. The molecule has 0 aliphatic carbocycles. The zero-order chi connectivity index (χ0) is 12.3. The van der Waals surface area contributed by atoms with Gasteiger partial charge in [0.25, 0.3) is 0 Å². The van der Waals surface area contributed by atoms with E-state index in [-0.39, 0.29) is 6.04 Å². The number of nitrogens with zero attached hydrogens (tertiary/aromatic N) is 2. The molecule has 0 fully saturated rings. The maximum atomic E-state index is 6.00. The van der Waals surface area contributed by atoms with Gasteiger partial charge >= 0.3 is 0 Å². The van der Waals surface area contributed by atoms with E-state index in [4.69, 9.17) is 5.73 Å². The molecule has 0 aliphatic heterocycles. The Hall–Kier alpha value is -1.13. The predicted octanol–water partition coefficient (Wildman–Crippen LogP) is 2.97. The molecule has 2 rings (SSSR count). The van der Waals surface area contributed by atoms with Gasteiger partial charge in [-0.05, 0) is 24.5 Å². The van der Waals surface area contributed by atoms with Crippen LogP contribution < -0.4 is 5.73 Å². The molecule has 0 aromatic carbocycles. The van der Waals surface area contributed by atoms with Crippen LogP contribution in [0.5, 0.6) is 0 Å². The fraction of sp³-hybridized carbons (Fsp3) is 0.462. The Labute approximate surface area is 106 Å². The van der Waals surface area contributed by atoms with Crippen molar-refractivity contribution in [3.05, 3.63) is 40.1 Å². The molecule has 0 radical (unpaired) electrons. The van der Waals surface area contributed by atoms with Gasteiger partial charge in [-0.25, -0.2) is 4.98 Å². The van der Waals surface area contributed by atoms with Crippen molar-refractivity contribution >= 4 is 11.3 Å². The van der Waals surface area contributed by atoms with Crippen LogP contribution in [-0.2, 0) is 13.0 Å². The monoisotopic (exact) mass is 249 g/mol. The van der Waals surface area contributed by atoms with Gasteiger partial charge in [0.15, 0.2) is 0 Å². The Balaban J connectivity index is 2.06. The first-order chi connectivity index (χ1) is 8.22. The van der Waals surface area contributed by atoms with E-state index in [0.29, 0.717) is 0 Å². The molecule has 0 bridgehead atoms. The summed E-state index contributed by atoms with van der Waals surface area (Å²) in [6.45, 7) is 5.08. The average molecular weight is 249 g/mol. The highest BCUT2D eigenvalue weighted by Crippen LogP contribution is 2.16. The van der Waals surface area contributed by atoms with Gasteiger partial charge in [-0.3, -0.25) is 0 Å². The van der Waals surface area contributed by atoms with Gasteiger partial charge in [0.05, 0.1) is 17.2 Å². The van der Waals surface area contributed by atoms with Gasteiger partial charge in [0.1, 0.15) is 0 Å². The van der Waals surface area contributed by atoms with Gasteiger partial charge in [-0.1, -0.05) is 13.8 Å². The molecule has 3 nitrogen and oxygen atoms in total. The number of thiazole rings is 1. The van der Waals surface area contributed by atoms with Crippen LogP contribution in [0.2, 0.25) is 0 Å². The second-order valence-corrected chi connectivity index (χ2v) is 5.16. The Morgan fingerprint density at radius 3 is 2.94 bits per heavy atom. The number of rotatable bonds is 5. The van der Waals surface area contributed by atoms with Crippen LogP contribution in [0.4, 0.5) is 0 Å². The van der Waals surface area contributed by atoms with E-state index in [2.05, 4.69) is 47.2 Å². The fourth-order valence-electron chi connectivity index (χ4n) is 1.78. The van der Waals surface area contributed by atoms with E-state index in [1.807, 2.05) is 0 Å². The van der Waals surface area contributed by atoms with Crippen molar-refractivity contribution in [3.8, 4) is 0 Å². The zero-order valence-electron chi connectivity index (χ0n) is 10.4. The number of hydrogen-bond acceptors (Lipinski definition) is 3. The van der Waals surface area contributed by atoms with E-state index in [0.717, 1.165) is 25.1 Å². The van der Waals surface area contributed by atoms with Crippen molar-refractivity contribution in [2.45, 2.75) is 39.3 Å². The van der Waals surface area contributed by atoms with E-state index >= 15 is 0 Å². The maximum absolute atomic E-state index is 6.00. The molecule has 0 spiro atoms. The SMILES string of the molecule is CCc1nc(Cn2ccc(C(N)CC)c2)cs1. The molecule has 2 aromatic heterocycles. The first-order valence-electron chi connectivity index (χ1n) is 6.07. The lowest BCUT2D eigenvalue weighted by Gasteiger charge is -2.05. The second kappa shape index (κ2) is 5.47. The molecule has 4 heteroatoms. The minimum absolute atomic E-state index is 0.151. The smallest absolute Gasteiger partial charge is 0.0926 e.